The summed E-state index contributed by atoms with van der Waals surface area (Å²) in [7, 11) is 0. The lowest BCUT2D eigenvalue weighted by atomic mass is 9.92. The van der Waals surface area contributed by atoms with Crippen LogP contribution in [0.3, 0.4) is 0 Å². The Morgan fingerprint density at radius 3 is 2.56 bits per heavy atom. The zero-order valence-electron chi connectivity index (χ0n) is 14.8. The van der Waals surface area contributed by atoms with E-state index >= 15 is 0 Å². The lowest BCUT2D eigenvalue weighted by Crippen LogP contribution is -2.41. The molecule has 0 radical (unpaired) electrons. The Kier molecular flexibility index (Phi) is 4.09. The summed E-state index contributed by atoms with van der Waals surface area (Å²) in [5, 5.41) is 2.10. The third-order valence-electron chi connectivity index (χ3n) is 5.77. The Labute approximate surface area is 162 Å². The molecule has 0 saturated heterocycles. The van der Waals surface area contributed by atoms with Gasteiger partial charge in [-0.2, -0.15) is 0 Å². The molecule has 2 aromatic carbocycles. The van der Waals surface area contributed by atoms with E-state index in [4.69, 9.17) is 0 Å². The van der Waals surface area contributed by atoms with Crippen molar-refractivity contribution in [1.82, 2.24) is 4.90 Å². The van der Waals surface area contributed by atoms with Gasteiger partial charge in [0.1, 0.15) is 5.82 Å². The van der Waals surface area contributed by atoms with Crippen LogP contribution in [0, 0.1) is 11.7 Å². The number of amides is 1. The number of benzene rings is 2. The van der Waals surface area contributed by atoms with Crippen LogP contribution in [0.1, 0.15) is 39.9 Å². The highest BCUT2D eigenvalue weighted by molar-refractivity contribution is 7.10. The molecule has 3 aromatic rings. The van der Waals surface area contributed by atoms with Gasteiger partial charge in [-0.05, 0) is 59.0 Å². The molecular weight excluding hydrogens is 357 g/mol. The topological polar surface area (TPSA) is 20.3 Å². The van der Waals surface area contributed by atoms with Crippen molar-refractivity contribution in [1.29, 1.82) is 0 Å². The molecule has 0 unspecified atom stereocenters. The molecule has 1 aliphatic heterocycles. The molecule has 0 bridgehead atoms. The van der Waals surface area contributed by atoms with Gasteiger partial charge in [-0.15, -0.1) is 11.3 Å². The summed E-state index contributed by atoms with van der Waals surface area (Å²) < 4.78 is 13.4. The second-order valence-electron chi connectivity index (χ2n) is 7.39. The van der Waals surface area contributed by atoms with Crippen molar-refractivity contribution in [2.24, 2.45) is 5.92 Å². The first-order valence-corrected chi connectivity index (χ1v) is 10.3. The third kappa shape index (κ3) is 2.98. The first-order valence-electron chi connectivity index (χ1n) is 9.39. The van der Waals surface area contributed by atoms with E-state index in [9.17, 15) is 9.18 Å². The van der Waals surface area contributed by atoms with E-state index in [0.717, 1.165) is 24.9 Å². The molecule has 1 fully saturated rings. The van der Waals surface area contributed by atoms with Gasteiger partial charge in [0.05, 0.1) is 6.04 Å². The van der Waals surface area contributed by atoms with E-state index in [1.807, 2.05) is 35.2 Å². The number of nitrogens with zero attached hydrogens (tertiary/aromatic N) is 1. The lowest BCUT2D eigenvalue weighted by Gasteiger charge is -2.36. The molecule has 0 N–H and O–H groups in total. The van der Waals surface area contributed by atoms with Crippen molar-refractivity contribution in [2.75, 3.05) is 6.54 Å². The number of thiophene rings is 1. The van der Waals surface area contributed by atoms with Gasteiger partial charge < -0.3 is 4.90 Å². The molecule has 2 heterocycles. The number of carbonyl (C=O) groups excluding carboxylic acids is 1. The fraction of sp³-hybridized carbons (Fsp3) is 0.261. The summed E-state index contributed by atoms with van der Waals surface area (Å²) in [6.45, 7) is 0.729. The van der Waals surface area contributed by atoms with Crippen LogP contribution in [0.2, 0.25) is 0 Å². The van der Waals surface area contributed by atoms with Crippen LogP contribution in [0.25, 0.3) is 0 Å². The average molecular weight is 377 g/mol. The SMILES string of the molecule is O=C([C@@H]1C[C@H]1c1ccccc1)N1CCc2sccc2[C@@H]1c1ccc(F)cc1. The Balaban J connectivity index is 1.46. The first-order chi connectivity index (χ1) is 13.2. The minimum atomic E-state index is -0.246. The maximum absolute atomic E-state index is 13.4. The Morgan fingerprint density at radius 2 is 1.78 bits per heavy atom. The van der Waals surface area contributed by atoms with Crippen molar-refractivity contribution >= 4 is 17.2 Å². The Hall–Kier alpha value is -2.46. The molecule has 4 heteroatoms. The fourth-order valence-electron chi connectivity index (χ4n) is 4.31. The van der Waals surface area contributed by atoms with Gasteiger partial charge in [0.15, 0.2) is 0 Å². The van der Waals surface area contributed by atoms with Crippen molar-refractivity contribution < 1.29 is 9.18 Å². The number of halogens is 1. The summed E-state index contributed by atoms with van der Waals surface area (Å²) in [5.74, 6) is 0.381. The highest BCUT2D eigenvalue weighted by Crippen LogP contribution is 2.50. The third-order valence-corrected chi connectivity index (χ3v) is 6.77. The quantitative estimate of drug-likeness (QED) is 0.617. The zero-order chi connectivity index (χ0) is 18.4. The maximum Gasteiger partial charge on any atom is 0.227 e. The fourth-order valence-corrected chi connectivity index (χ4v) is 5.21. The van der Waals surface area contributed by atoms with E-state index in [-0.39, 0.29) is 23.7 Å². The largest absolute Gasteiger partial charge is 0.331 e. The van der Waals surface area contributed by atoms with Crippen LogP contribution < -0.4 is 0 Å². The van der Waals surface area contributed by atoms with Crippen molar-refractivity contribution in [3.8, 4) is 0 Å². The number of hydrogen-bond donors (Lipinski definition) is 0. The van der Waals surface area contributed by atoms with Gasteiger partial charge in [0, 0.05) is 17.3 Å². The van der Waals surface area contributed by atoms with Gasteiger partial charge in [0.25, 0.3) is 0 Å². The second kappa shape index (κ2) is 6.61. The second-order valence-corrected chi connectivity index (χ2v) is 8.39. The van der Waals surface area contributed by atoms with Crippen LogP contribution in [-0.4, -0.2) is 17.4 Å². The molecule has 27 heavy (non-hydrogen) atoms. The van der Waals surface area contributed by atoms with Crippen LogP contribution >= 0.6 is 11.3 Å². The van der Waals surface area contributed by atoms with Gasteiger partial charge in [0.2, 0.25) is 5.91 Å². The van der Waals surface area contributed by atoms with E-state index in [0.29, 0.717) is 5.92 Å². The number of hydrogen-bond acceptors (Lipinski definition) is 2. The van der Waals surface area contributed by atoms with Crippen LogP contribution in [0.4, 0.5) is 4.39 Å². The molecule has 3 atom stereocenters. The molecule has 1 amide bonds. The Morgan fingerprint density at radius 1 is 1.00 bits per heavy atom. The van der Waals surface area contributed by atoms with Crippen molar-refractivity contribution in [3.05, 3.63) is 93.4 Å². The smallest absolute Gasteiger partial charge is 0.227 e. The number of fused-ring (bicyclic) bond motifs is 1. The predicted molar refractivity (Wildman–Crippen MR) is 105 cm³/mol. The minimum absolute atomic E-state index is 0.0653. The lowest BCUT2D eigenvalue weighted by molar-refractivity contribution is -0.134. The van der Waals surface area contributed by atoms with Gasteiger partial charge in [-0.25, -0.2) is 4.39 Å². The van der Waals surface area contributed by atoms with Crippen LogP contribution in [0.5, 0.6) is 0 Å². The normalized spacial score (nSPS) is 23.7. The van der Waals surface area contributed by atoms with Gasteiger partial charge >= 0.3 is 0 Å². The highest BCUT2D eigenvalue weighted by atomic mass is 32.1. The van der Waals surface area contributed by atoms with Gasteiger partial charge in [-0.3, -0.25) is 4.79 Å². The molecule has 2 aliphatic rings. The van der Waals surface area contributed by atoms with Gasteiger partial charge in [-0.1, -0.05) is 42.5 Å². The monoisotopic (exact) mass is 377 g/mol. The summed E-state index contributed by atoms with van der Waals surface area (Å²) in [6.07, 6.45) is 1.82. The first kappa shape index (κ1) is 16.7. The minimum Gasteiger partial charge on any atom is -0.331 e. The average Bonchev–Trinajstić information content (AvgIpc) is 3.37. The summed E-state index contributed by atoms with van der Waals surface area (Å²) in [5.41, 5.74) is 3.44. The van der Waals surface area contributed by atoms with Crippen molar-refractivity contribution in [2.45, 2.75) is 24.8 Å². The maximum atomic E-state index is 13.4. The number of rotatable bonds is 3. The van der Waals surface area contributed by atoms with E-state index in [1.54, 1.807) is 11.3 Å². The zero-order valence-corrected chi connectivity index (χ0v) is 15.7. The van der Waals surface area contributed by atoms with Crippen LogP contribution in [-0.2, 0) is 11.2 Å². The molecule has 0 spiro atoms. The summed E-state index contributed by atoms with van der Waals surface area (Å²) >= 11 is 1.75. The van der Waals surface area contributed by atoms with E-state index < -0.39 is 0 Å². The summed E-state index contributed by atoms with van der Waals surface area (Å²) in [6, 6.07) is 18.9. The molecular formula is C23H20FNOS. The van der Waals surface area contributed by atoms with Crippen molar-refractivity contribution in [3.63, 3.8) is 0 Å². The molecule has 136 valence electrons. The molecule has 1 aliphatic carbocycles. The molecule has 5 rings (SSSR count). The molecule has 1 aromatic heterocycles. The summed E-state index contributed by atoms with van der Waals surface area (Å²) in [4.78, 5) is 16.7. The van der Waals surface area contributed by atoms with Crippen LogP contribution in [0.15, 0.2) is 66.0 Å². The standard InChI is InChI=1S/C23H20FNOS/c24-17-8-6-16(7-9-17)22-18-11-13-27-21(18)10-12-25(22)23(26)20-14-19(20)15-4-2-1-3-5-15/h1-9,11,13,19-20,22H,10,12,14H2/t19-,20+,22-/m0/s1. The van der Waals surface area contributed by atoms with E-state index in [2.05, 4.69) is 23.6 Å². The highest BCUT2D eigenvalue weighted by Gasteiger charge is 2.48. The van der Waals surface area contributed by atoms with E-state index in [1.165, 1.54) is 28.1 Å². The molecule has 1 saturated carbocycles. The molecule has 2 nitrogen and oxygen atoms in total. The number of carbonyl (C=O) groups is 1. The predicted octanol–water partition coefficient (Wildman–Crippen LogP) is 5.17. The Bertz CT molecular complexity index is 966.